The van der Waals surface area contributed by atoms with Crippen molar-refractivity contribution in [2.45, 2.75) is 45.2 Å². The molecule has 0 aromatic carbocycles. The van der Waals surface area contributed by atoms with Gasteiger partial charge in [0, 0.05) is 20.5 Å². The van der Waals surface area contributed by atoms with Crippen LogP contribution in [-0.4, -0.2) is 61.3 Å². The minimum Gasteiger partial charge on any atom is -0.347 e. The van der Waals surface area contributed by atoms with Crippen LogP contribution in [0.15, 0.2) is 0 Å². The molecule has 1 aliphatic heterocycles. The third-order valence-electron chi connectivity index (χ3n) is 3.56. The molecule has 1 aliphatic rings. The van der Waals surface area contributed by atoms with Gasteiger partial charge in [-0.15, -0.1) is 0 Å². The van der Waals surface area contributed by atoms with E-state index in [0.29, 0.717) is 19.3 Å². The molecule has 0 radical (unpaired) electrons. The molecule has 1 saturated heterocycles. The highest BCUT2D eigenvalue weighted by atomic mass is 16.2. The topological polar surface area (TPSA) is 108 Å². The second-order valence-corrected chi connectivity index (χ2v) is 6.36. The molecule has 0 aromatic heterocycles. The molecule has 0 bridgehead atoms. The van der Waals surface area contributed by atoms with Crippen LogP contribution >= 0.6 is 0 Å². The molecule has 1 heterocycles. The lowest BCUT2D eigenvalue weighted by Gasteiger charge is -2.22. The molecule has 0 aliphatic carbocycles. The van der Waals surface area contributed by atoms with Gasteiger partial charge in [-0.05, 0) is 18.8 Å². The second kappa shape index (κ2) is 8.50. The highest BCUT2D eigenvalue weighted by Gasteiger charge is 2.30. The van der Waals surface area contributed by atoms with Crippen LogP contribution in [0.1, 0.15) is 33.1 Å². The normalized spacial score (nSPS) is 18.3. The first-order valence-electron chi connectivity index (χ1n) is 7.78. The van der Waals surface area contributed by atoms with Gasteiger partial charge in [0.05, 0.1) is 6.54 Å². The second-order valence-electron chi connectivity index (χ2n) is 6.36. The van der Waals surface area contributed by atoms with Crippen molar-refractivity contribution in [3.63, 3.8) is 0 Å². The zero-order valence-corrected chi connectivity index (χ0v) is 14.1. The van der Waals surface area contributed by atoms with Crippen LogP contribution in [0.25, 0.3) is 0 Å². The zero-order chi connectivity index (χ0) is 17.6. The molecular formula is C15H26N4O4. The van der Waals surface area contributed by atoms with E-state index in [1.807, 2.05) is 13.8 Å². The van der Waals surface area contributed by atoms with Gasteiger partial charge in [-0.3, -0.25) is 19.2 Å². The lowest BCUT2D eigenvalue weighted by Crippen LogP contribution is -2.53. The first-order chi connectivity index (χ1) is 10.7. The molecule has 23 heavy (non-hydrogen) atoms. The molecular weight excluding hydrogens is 300 g/mol. The van der Waals surface area contributed by atoms with Crippen LogP contribution in [0.4, 0.5) is 0 Å². The molecule has 130 valence electrons. The Morgan fingerprint density at radius 3 is 2.43 bits per heavy atom. The van der Waals surface area contributed by atoms with Crippen molar-refractivity contribution in [1.82, 2.24) is 20.9 Å². The Morgan fingerprint density at radius 2 is 1.96 bits per heavy atom. The number of likely N-dealkylation sites (N-methyl/N-ethyl adjacent to an activating group) is 1. The van der Waals surface area contributed by atoms with Crippen LogP contribution < -0.4 is 16.0 Å². The summed E-state index contributed by atoms with van der Waals surface area (Å²) in [6.45, 7) is 3.76. The quantitative estimate of drug-likeness (QED) is 0.558. The van der Waals surface area contributed by atoms with Gasteiger partial charge in [0.25, 0.3) is 0 Å². The third-order valence-corrected chi connectivity index (χ3v) is 3.56. The molecule has 0 aromatic rings. The molecule has 8 heteroatoms. The van der Waals surface area contributed by atoms with Crippen LogP contribution in [0, 0.1) is 5.92 Å². The molecule has 8 nitrogen and oxygen atoms in total. The smallest absolute Gasteiger partial charge is 0.243 e. The summed E-state index contributed by atoms with van der Waals surface area (Å²) < 4.78 is 0. The number of hydrogen-bond acceptors (Lipinski definition) is 4. The highest BCUT2D eigenvalue weighted by molar-refractivity contribution is 5.94. The Hall–Kier alpha value is -2.12. The SMILES string of the molecule is CC(C)C[C@H](NC(=O)[C@@H]1CCC(=O)N1)C(=O)NCC(=O)N(C)C. The maximum absolute atomic E-state index is 12.2. The van der Waals surface area contributed by atoms with Crippen LogP contribution in [0.5, 0.6) is 0 Å². The summed E-state index contributed by atoms with van der Waals surface area (Å²) >= 11 is 0. The van der Waals surface area contributed by atoms with Crippen molar-refractivity contribution in [2.75, 3.05) is 20.6 Å². The van der Waals surface area contributed by atoms with Gasteiger partial charge in [0.15, 0.2) is 0 Å². The Balaban J connectivity index is 2.60. The van der Waals surface area contributed by atoms with Crippen molar-refractivity contribution in [2.24, 2.45) is 5.92 Å². The van der Waals surface area contributed by atoms with Gasteiger partial charge in [0.2, 0.25) is 23.6 Å². The molecule has 0 spiro atoms. The Morgan fingerprint density at radius 1 is 1.30 bits per heavy atom. The van der Waals surface area contributed by atoms with Gasteiger partial charge in [-0.1, -0.05) is 13.8 Å². The van der Waals surface area contributed by atoms with Crippen LogP contribution in [0.2, 0.25) is 0 Å². The fourth-order valence-electron chi connectivity index (χ4n) is 2.23. The number of carbonyl (C=O) groups excluding carboxylic acids is 4. The van der Waals surface area contributed by atoms with Crippen LogP contribution in [-0.2, 0) is 19.2 Å². The molecule has 1 rings (SSSR count). The van der Waals surface area contributed by atoms with Crippen molar-refractivity contribution in [1.29, 1.82) is 0 Å². The lowest BCUT2D eigenvalue weighted by molar-refractivity contribution is -0.133. The highest BCUT2D eigenvalue weighted by Crippen LogP contribution is 2.09. The molecule has 4 amide bonds. The molecule has 1 fully saturated rings. The molecule has 2 atom stereocenters. The number of nitrogens with one attached hydrogen (secondary N) is 3. The minimum absolute atomic E-state index is 0.115. The van der Waals surface area contributed by atoms with Gasteiger partial charge in [0.1, 0.15) is 12.1 Å². The van der Waals surface area contributed by atoms with Crippen LogP contribution in [0.3, 0.4) is 0 Å². The number of amides is 4. The van der Waals surface area contributed by atoms with E-state index in [0.717, 1.165) is 0 Å². The predicted molar refractivity (Wildman–Crippen MR) is 84.3 cm³/mol. The number of carbonyl (C=O) groups is 4. The number of hydrogen-bond donors (Lipinski definition) is 3. The van der Waals surface area contributed by atoms with E-state index in [1.165, 1.54) is 4.90 Å². The van der Waals surface area contributed by atoms with Crippen molar-refractivity contribution in [3.05, 3.63) is 0 Å². The monoisotopic (exact) mass is 326 g/mol. The summed E-state index contributed by atoms with van der Waals surface area (Å²) in [5.41, 5.74) is 0. The van der Waals surface area contributed by atoms with Crippen molar-refractivity contribution < 1.29 is 19.2 Å². The van der Waals surface area contributed by atoms with Gasteiger partial charge < -0.3 is 20.9 Å². The largest absolute Gasteiger partial charge is 0.347 e. The average Bonchev–Trinajstić information content (AvgIpc) is 2.89. The summed E-state index contributed by atoms with van der Waals surface area (Å²) in [7, 11) is 3.20. The van der Waals surface area contributed by atoms with E-state index in [-0.39, 0.29) is 30.2 Å². The maximum Gasteiger partial charge on any atom is 0.243 e. The van der Waals surface area contributed by atoms with E-state index in [2.05, 4.69) is 16.0 Å². The van der Waals surface area contributed by atoms with Crippen molar-refractivity contribution in [3.8, 4) is 0 Å². The number of nitrogens with zero attached hydrogens (tertiary/aromatic N) is 1. The fourth-order valence-corrected chi connectivity index (χ4v) is 2.23. The lowest BCUT2D eigenvalue weighted by atomic mass is 10.0. The van der Waals surface area contributed by atoms with Gasteiger partial charge >= 0.3 is 0 Å². The summed E-state index contributed by atoms with van der Waals surface area (Å²) in [5.74, 6) is -0.960. The minimum atomic E-state index is -0.727. The first kappa shape index (κ1) is 18.9. The van der Waals surface area contributed by atoms with E-state index in [1.54, 1.807) is 14.1 Å². The Labute approximate surface area is 136 Å². The van der Waals surface area contributed by atoms with Crippen molar-refractivity contribution >= 4 is 23.6 Å². The predicted octanol–water partition coefficient (Wildman–Crippen LogP) is -1.000. The third kappa shape index (κ3) is 6.25. The summed E-state index contributed by atoms with van der Waals surface area (Å²) in [4.78, 5) is 48.5. The van der Waals surface area contributed by atoms with E-state index in [9.17, 15) is 19.2 Å². The standard InChI is InChI=1S/C15H26N4O4/c1-9(2)7-11(14(22)16-8-13(21)19(3)4)18-15(23)10-5-6-12(20)17-10/h9-11H,5-8H2,1-4H3,(H,16,22)(H,17,20)(H,18,23)/t10-,11-/m0/s1. The Kier molecular flexibility index (Phi) is 6.99. The zero-order valence-electron chi connectivity index (χ0n) is 14.1. The fraction of sp³-hybridized carbons (Fsp3) is 0.733. The van der Waals surface area contributed by atoms with E-state index in [4.69, 9.17) is 0 Å². The summed E-state index contributed by atoms with van der Waals surface area (Å²) in [6, 6.07) is -1.32. The molecule has 0 unspecified atom stereocenters. The Bertz CT molecular complexity index is 476. The van der Waals surface area contributed by atoms with E-state index >= 15 is 0 Å². The van der Waals surface area contributed by atoms with E-state index < -0.39 is 18.0 Å². The summed E-state index contributed by atoms with van der Waals surface area (Å²) in [6.07, 6.45) is 1.20. The van der Waals surface area contributed by atoms with Gasteiger partial charge in [-0.2, -0.15) is 0 Å². The molecule has 3 N–H and O–H groups in total. The maximum atomic E-state index is 12.2. The first-order valence-corrected chi connectivity index (χ1v) is 7.78. The summed E-state index contributed by atoms with van der Waals surface area (Å²) in [5, 5.41) is 7.79. The number of rotatable bonds is 7. The average molecular weight is 326 g/mol. The molecule has 0 saturated carbocycles. The van der Waals surface area contributed by atoms with Gasteiger partial charge in [-0.25, -0.2) is 0 Å².